The highest BCUT2D eigenvalue weighted by Crippen LogP contribution is 2.41. The predicted octanol–water partition coefficient (Wildman–Crippen LogP) is 7.66. The van der Waals surface area contributed by atoms with Crippen molar-refractivity contribution in [2.75, 3.05) is 13.2 Å². The maximum Gasteiger partial charge on any atom is 0.416 e. The number of hydrogen-bond donors (Lipinski definition) is 0. The topological polar surface area (TPSA) is 46.2 Å². The van der Waals surface area contributed by atoms with Crippen molar-refractivity contribution in [2.45, 2.75) is 53.8 Å². The van der Waals surface area contributed by atoms with Gasteiger partial charge in [0.25, 0.3) is 0 Å². The minimum Gasteiger partial charge on any atom is -0.368 e. The minimum atomic E-state index is -4.40. The number of fused-ring (bicyclic) bond motifs is 1. The van der Waals surface area contributed by atoms with E-state index in [0.29, 0.717) is 18.8 Å². The van der Waals surface area contributed by atoms with Crippen molar-refractivity contribution in [1.29, 1.82) is 0 Å². The molecule has 0 saturated carbocycles. The van der Waals surface area contributed by atoms with Crippen LogP contribution in [0.1, 0.15) is 28.5 Å². The van der Waals surface area contributed by atoms with Crippen LogP contribution in [-0.2, 0) is 36.5 Å². The molecule has 2 saturated heterocycles. The highest BCUT2D eigenvalue weighted by molar-refractivity contribution is 7.99. The third-order valence-corrected chi connectivity index (χ3v) is 8.59. The molecule has 4 aromatic rings. The van der Waals surface area contributed by atoms with E-state index in [-0.39, 0.29) is 6.61 Å². The van der Waals surface area contributed by atoms with E-state index in [4.69, 9.17) is 23.7 Å². The van der Waals surface area contributed by atoms with Crippen LogP contribution in [-0.4, -0.2) is 43.1 Å². The van der Waals surface area contributed by atoms with E-state index in [9.17, 15) is 13.2 Å². The molecular formula is C36H31F3O5S. The fourth-order valence-electron chi connectivity index (χ4n) is 5.21. The number of thioether (sulfide) groups is 1. The molecule has 9 heteroatoms. The fourth-order valence-corrected chi connectivity index (χ4v) is 6.35. The summed E-state index contributed by atoms with van der Waals surface area (Å²) in [4.78, 5) is 0.993. The van der Waals surface area contributed by atoms with Gasteiger partial charge in [0.05, 0.1) is 18.8 Å². The molecule has 2 aliphatic heterocycles. The average molecular weight is 633 g/mol. The highest BCUT2D eigenvalue weighted by atomic mass is 32.2. The van der Waals surface area contributed by atoms with Gasteiger partial charge in [0.2, 0.25) is 0 Å². The Hall–Kier alpha value is -3.62. The summed E-state index contributed by atoms with van der Waals surface area (Å²) < 4.78 is 71.2. The van der Waals surface area contributed by atoms with Crippen molar-refractivity contribution >= 4 is 11.8 Å². The summed E-state index contributed by atoms with van der Waals surface area (Å²) in [5.41, 5.74) is 1.14. The van der Waals surface area contributed by atoms with Gasteiger partial charge in [0, 0.05) is 16.0 Å². The Kier molecular flexibility index (Phi) is 10.2. The van der Waals surface area contributed by atoms with Crippen molar-refractivity contribution in [3.05, 3.63) is 138 Å². The lowest BCUT2D eigenvalue weighted by atomic mass is 9.98. The van der Waals surface area contributed by atoms with E-state index in [1.807, 2.05) is 91.0 Å². The molecule has 5 nitrogen and oxygen atoms in total. The van der Waals surface area contributed by atoms with Crippen LogP contribution in [0.25, 0.3) is 0 Å². The monoisotopic (exact) mass is 632 g/mol. The van der Waals surface area contributed by atoms with Crippen LogP contribution in [0.3, 0.4) is 0 Å². The van der Waals surface area contributed by atoms with Gasteiger partial charge in [-0.25, -0.2) is 0 Å². The van der Waals surface area contributed by atoms with Gasteiger partial charge in [0.1, 0.15) is 36.5 Å². The lowest BCUT2D eigenvalue weighted by Crippen LogP contribution is -2.62. The first kappa shape index (κ1) is 31.4. The Bertz CT molecular complexity index is 1560. The van der Waals surface area contributed by atoms with Gasteiger partial charge >= 0.3 is 6.18 Å². The molecule has 0 aromatic heterocycles. The smallest absolute Gasteiger partial charge is 0.368 e. The molecule has 0 radical (unpaired) electrons. The van der Waals surface area contributed by atoms with E-state index < -0.39 is 47.9 Å². The molecule has 4 aromatic carbocycles. The molecule has 0 amide bonds. The molecule has 0 aliphatic carbocycles. The summed E-state index contributed by atoms with van der Waals surface area (Å²) in [6, 6.07) is 34.2. The molecule has 2 aliphatic rings. The second kappa shape index (κ2) is 14.6. The first-order valence-corrected chi connectivity index (χ1v) is 15.4. The Morgan fingerprint density at radius 2 is 1.42 bits per heavy atom. The van der Waals surface area contributed by atoms with Crippen LogP contribution < -0.4 is 0 Å². The average Bonchev–Trinajstić information content (AvgIpc) is 3.07. The van der Waals surface area contributed by atoms with E-state index in [2.05, 4.69) is 11.8 Å². The summed E-state index contributed by atoms with van der Waals surface area (Å²) in [7, 11) is 0. The number of ether oxygens (including phenoxy) is 5. The van der Waals surface area contributed by atoms with E-state index in [0.717, 1.165) is 28.2 Å². The van der Waals surface area contributed by atoms with E-state index in [1.54, 1.807) is 0 Å². The SMILES string of the molecule is FC(F)(F)c1ccc(C#CCO[C@H]2[C@@H](OCc3ccccc3)[C@@H]3OC(c4ccccc4)OC[C@H]3O[C@@H]2Sc2ccccc2)cc1. The molecule has 45 heavy (non-hydrogen) atoms. The summed E-state index contributed by atoms with van der Waals surface area (Å²) in [5.74, 6) is 5.86. The fraction of sp³-hybridized carbons (Fsp3) is 0.278. The number of alkyl halides is 3. The lowest BCUT2D eigenvalue weighted by Gasteiger charge is -2.49. The second-order valence-electron chi connectivity index (χ2n) is 10.6. The van der Waals surface area contributed by atoms with Crippen molar-refractivity contribution in [1.82, 2.24) is 0 Å². The van der Waals surface area contributed by atoms with E-state index >= 15 is 0 Å². The summed E-state index contributed by atoms with van der Waals surface area (Å²) in [6.45, 7) is 0.637. The van der Waals surface area contributed by atoms with Gasteiger partial charge in [-0.1, -0.05) is 102 Å². The minimum absolute atomic E-state index is 0.00208. The maximum absolute atomic E-state index is 13.0. The Morgan fingerprint density at radius 1 is 0.756 bits per heavy atom. The normalized spacial score (nSPS) is 24.7. The molecule has 0 spiro atoms. The Labute approximate surface area is 264 Å². The molecule has 2 heterocycles. The van der Waals surface area contributed by atoms with Crippen molar-refractivity contribution in [2.24, 2.45) is 0 Å². The van der Waals surface area contributed by atoms with Gasteiger partial charge in [-0.15, -0.1) is 0 Å². The van der Waals surface area contributed by atoms with Gasteiger partial charge in [0.15, 0.2) is 6.29 Å². The molecule has 6 atom stereocenters. The number of rotatable bonds is 8. The van der Waals surface area contributed by atoms with Crippen LogP contribution >= 0.6 is 11.8 Å². The van der Waals surface area contributed by atoms with Gasteiger partial charge in [-0.3, -0.25) is 0 Å². The molecule has 1 unspecified atom stereocenters. The lowest BCUT2D eigenvalue weighted by molar-refractivity contribution is -0.328. The van der Waals surface area contributed by atoms with Crippen LogP contribution in [0.2, 0.25) is 0 Å². The van der Waals surface area contributed by atoms with Gasteiger partial charge < -0.3 is 23.7 Å². The zero-order chi connectivity index (χ0) is 31.1. The first-order valence-electron chi connectivity index (χ1n) is 14.6. The summed E-state index contributed by atoms with van der Waals surface area (Å²) in [6.07, 6.45) is -7.07. The number of benzene rings is 4. The number of halogens is 3. The van der Waals surface area contributed by atoms with Crippen LogP contribution in [0.5, 0.6) is 0 Å². The zero-order valence-electron chi connectivity index (χ0n) is 24.1. The number of hydrogen-bond acceptors (Lipinski definition) is 6. The summed E-state index contributed by atoms with van der Waals surface area (Å²) >= 11 is 1.52. The molecular weight excluding hydrogens is 601 g/mol. The van der Waals surface area contributed by atoms with Gasteiger partial charge in [-0.2, -0.15) is 13.2 Å². The van der Waals surface area contributed by atoms with Crippen molar-refractivity contribution in [3.63, 3.8) is 0 Å². The highest BCUT2D eigenvalue weighted by Gasteiger charge is 2.51. The van der Waals surface area contributed by atoms with Crippen LogP contribution in [0.15, 0.2) is 120 Å². The van der Waals surface area contributed by atoms with Crippen molar-refractivity contribution < 1.29 is 36.9 Å². The molecule has 0 bridgehead atoms. The third-order valence-electron chi connectivity index (χ3n) is 7.43. The second-order valence-corrected chi connectivity index (χ2v) is 11.7. The quantitative estimate of drug-likeness (QED) is 0.186. The largest absolute Gasteiger partial charge is 0.416 e. The Balaban J connectivity index is 1.26. The van der Waals surface area contributed by atoms with Gasteiger partial charge in [-0.05, 0) is 42.0 Å². The summed E-state index contributed by atoms with van der Waals surface area (Å²) in [5, 5.41) is 0. The standard InChI is InChI=1S/C36H31F3O5S/c37-36(38,39)28-20-18-25(19-21-28)13-10-22-40-33-32(41-23-26-11-4-1-5-12-26)31-30(43-35(33)45-29-16-8-3-9-17-29)24-42-34(44-31)27-14-6-2-7-15-27/h1-9,11-12,14-21,30-35H,22-24H2/t30-,31-,32+,33+,34?,35-/m1/s1. The predicted molar refractivity (Wildman–Crippen MR) is 164 cm³/mol. The molecule has 0 N–H and O–H groups in total. The maximum atomic E-state index is 13.0. The van der Waals surface area contributed by atoms with Crippen molar-refractivity contribution in [3.8, 4) is 11.8 Å². The molecule has 6 rings (SSSR count). The Morgan fingerprint density at radius 3 is 2.11 bits per heavy atom. The third kappa shape index (κ3) is 8.16. The zero-order valence-corrected chi connectivity index (χ0v) is 25.0. The van der Waals surface area contributed by atoms with Crippen LogP contribution in [0.4, 0.5) is 13.2 Å². The van der Waals surface area contributed by atoms with Crippen LogP contribution in [0, 0.1) is 11.8 Å². The first-order chi connectivity index (χ1) is 21.9. The molecule has 232 valence electrons. The van der Waals surface area contributed by atoms with E-state index in [1.165, 1.54) is 23.9 Å². The molecule has 2 fully saturated rings.